The number of carbonyl (C=O) groups is 3. The highest BCUT2D eigenvalue weighted by molar-refractivity contribution is 5.95. The molecule has 4 fully saturated rings. The van der Waals surface area contributed by atoms with Crippen LogP contribution in [0.15, 0.2) is 30.5 Å². The summed E-state index contributed by atoms with van der Waals surface area (Å²) in [6.07, 6.45) is 10.7. The fourth-order valence-corrected chi connectivity index (χ4v) is 8.85. The highest BCUT2D eigenvalue weighted by Crippen LogP contribution is 2.63. The zero-order valence-electron chi connectivity index (χ0n) is 28.2. The third-order valence-corrected chi connectivity index (χ3v) is 12.0. The Hall–Kier alpha value is -3.73. The third kappa shape index (κ3) is 5.64. The van der Waals surface area contributed by atoms with Crippen molar-refractivity contribution in [3.8, 4) is 0 Å². The van der Waals surface area contributed by atoms with E-state index in [1.54, 1.807) is 24.0 Å². The number of aryl methyl sites for hydroxylation is 1. The predicted octanol–water partition coefficient (Wildman–Crippen LogP) is 4.45. The van der Waals surface area contributed by atoms with Crippen LogP contribution in [0.5, 0.6) is 0 Å². The molecule has 4 unspecified atom stereocenters. The Bertz CT molecular complexity index is 1660. The number of aromatic amines is 1. The highest BCUT2D eigenvalue weighted by Gasteiger charge is 2.55. The van der Waals surface area contributed by atoms with E-state index < -0.39 is 11.5 Å². The molecule has 3 amide bonds. The molecule has 11 nitrogen and oxygen atoms in total. The first kappa shape index (κ1) is 31.8. The van der Waals surface area contributed by atoms with Crippen molar-refractivity contribution in [3.05, 3.63) is 47.5 Å². The van der Waals surface area contributed by atoms with Crippen molar-refractivity contribution in [3.63, 3.8) is 0 Å². The molecule has 3 aromatic rings. The second kappa shape index (κ2) is 12.1. The van der Waals surface area contributed by atoms with E-state index in [9.17, 15) is 14.4 Å². The van der Waals surface area contributed by atoms with Crippen molar-refractivity contribution in [2.75, 3.05) is 19.8 Å². The van der Waals surface area contributed by atoms with Gasteiger partial charge in [-0.25, -0.2) is 4.98 Å². The summed E-state index contributed by atoms with van der Waals surface area (Å²) in [6, 6.07) is 6.81. The van der Waals surface area contributed by atoms with Crippen LogP contribution in [0, 0.1) is 22.7 Å². The van der Waals surface area contributed by atoms with Crippen LogP contribution in [0.2, 0.25) is 0 Å². The number of imidazole rings is 1. The minimum Gasteiger partial charge on any atom is -0.380 e. The van der Waals surface area contributed by atoms with E-state index in [0.717, 1.165) is 54.5 Å². The fourth-order valence-electron chi connectivity index (χ4n) is 8.85. The molecule has 252 valence electrons. The minimum atomic E-state index is -0.922. The van der Waals surface area contributed by atoms with Gasteiger partial charge in [-0.05, 0) is 98.3 Å². The molecular weight excluding hydrogens is 594 g/mol. The molecule has 3 saturated carbocycles. The number of fused-ring (bicyclic) bond motifs is 1. The molecule has 1 saturated heterocycles. The van der Waals surface area contributed by atoms with Gasteiger partial charge in [-0.3, -0.25) is 19.1 Å². The van der Waals surface area contributed by atoms with Gasteiger partial charge in [-0.15, -0.1) is 0 Å². The molecule has 2 aromatic heterocycles. The van der Waals surface area contributed by atoms with Gasteiger partial charge in [0.25, 0.3) is 5.91 Å². The van der Waals surface area contributed by atoms with Gasteiger partial charge in [0.2, 0.25) is 11.8 Å². The van der Waals surface area contributed by atoms with Gasteiger partial charge in [0.1, 0.15) is 17.6 Å². The third-order valence-electron chi connectivity index (χ3n) is 12.0. The van der Waals surface area contributed by atoms with Crippen LogP contribution in [0.25, 0.3) is 11.0 Å². The number of nitrogens with one attached hydrogen (secondary N) is 4. The minimum absolute atomic E-state index is 0.129. The van der Waals surface area contributed by atoms with Crippen molar-refractivity contribution < 1.29 is 19.1 Å². The van der Waals surface area contributed by atoms with E-state index in [4.69, 9.17) is 9.72 Å². The zero-order valence-corrected chi connectivity index (χ0v) is 28.2. The molecule has 3 heterocycles. The Balaban J connectivity index is 1.21. The maximum atomic E-state index is 14.2. The quantitative estimate of drug-likeness (QED) is 0.257. The number of amides is 3. The summed E-state index contributed by atoms with van der Waals surface area (Å²) in [6.45, 7) is 7.55. The number of rotatable bonds is 10. The number of carbonyl (C=O) groups excluding carboxylic acids is 3. The summed E-state index contributed by atoms with van der Waals surface area (Å²) in [5.41, 5.74) is 2.00. The van der Waals surface area contributed by atoms with Gasteiger partial charge < -0.3 is 25.7 Å². The molecule has 0 radical (unpaired) electrons. The number of ether oxygens (including phenoxy) is 1. The molecular formula is C36H49N7O4. The van der Waals surface area contributed by atoms with E-state index in [2.05, 4.69) is 39.9 Å². The topological polar surface area (TPSA) is 143 Å². The number of H-pyrrole nitrogens is 1. The first-order valence-corrected chi connectivity index (χ1v) is 17.5. The number of hydrogen-bond acceptors (Lipinski definition) is 6. The van der Waals surface area contributed by atoms with Crippen molar-refractivity contribution in [2.45, 2.75) is 96.1 Å². The van der Waals surface area contributed by atoms with Crippen LogP contribution < -0.4 is 16.0 Å². The Morgan fingerprint density at radius 3 is 2.55 bits per heavy atom. The smallest absolute Gasteiger partial charge is 0.270 e. The summed E-state index contributed by atoms with van der Waals surface area (Å²) in [7, 11) is 1.78. The number of aromatic nitrogens is 4. The first-order chi connectivity index (χ1) is 22.6. The largest absolute Gasteiger partial charge is 0.380 e. The normalized spacial score (nSPS) is 27.1. The number of hydrogen-bond donors (Lipinski definition) is 4. The second-order valence-electron chi connectivity index (χ2n) is 15.2. The van der Waals surface area contributed by atoms with Crippen molar-refractivity contribution in [1.82, 2.24) is 35.7 Å². The molecule has 0 bridgehead atoms. The summed E-state index contributed by atoms with van der Waals surface area (Å²) in [4.78, 5) is 49.7. The van der Waals surface area contributed by atoms with Crippen LogP contribution in [0.4, 0.5) is 0 Å². The maximum absolute atomic E-state index is 14.2. The van der Waals surface area contributed by atoms with E-state index in [-0.39, 0.29) is 47.1 Å². The molecule has 11 heteroatoms. The van der Waals surface area contributed by atoms with Crippen LogP contribution in [0.1, 0.15) is 106 Å². The lowest BCUT2D eigenvalue weighted by Gasteiger charge is -2.45. The van der Waals surface area contributed by atoms with Gasteiger partial charge in [0, 0.05) is 26.4 Å². The summed E-state index contributed by atoms with van der Waals surface area (Å²) < 4.78 is 7.47. The Labute approximate surface area is 276 Å². The fraction of sp³-hybridized carbons (Fsp3) is 0.639. The van der Waals surface area contributed by atoms with Crippen LogP contribution in [0.3, 0.4) is 0 Å². The van der Waals surface area contributed by atoms with Crippen LogP contribution in [-0.2, 0) is 26.8 Å². The van der Waals surface area contributed by atoms with Crippen LogP contribution >= 0.6 is 0 Å². The zero-order chi connectivity index (χ0) is 33.0. The number of benzene rings is 1. The predicted molar refractivity (Wildman–Crippen MR) is 177 cm³/mol. The maximum Gasteiger partial charge on any atom is 0.270 e. The molecule has 1 spiro atoms. The van der Waals surface area contributed by atoms with Gasteiger partial charge in [0.05, 0.1) is 29.1 Å². The lowest BCUT2D eigenvalue weighted by molar-refractivity contribution is -0.136. The Kier molecular flexibility index (Phi) is 8.17. The first-order valence-electron chi connectivity index (χ1n) is 17.5. The highest BCUT2D eigenvalue weighted by atomic mass is 16.5. The molecule has 4 N–H and O–H groups in total. The molecule has 7 rings (SSSR count). The van der Waals surface area contributed by atoms with Gasteiger partial charge in [-0.2, -0.15) is 5.10 Å². The average Bonchev–Trinajstić information content (AvgIpc) is 3.41. The van der Waals surface area contributed by atoms with E-state index in [1.807, 2.05) is 25.1 Å². The van der Waals surface area contributed by atoms with Crippen molar-refractivity contribution in [1.29, 1.82) is 0 Å². The summed E-state index contributed by atoms with van der Waals surface area (Å²) in [5.74, 6) is 1.23. The van der Waals surface area contributed by atoms with E-state index >= 15 is 0 Å². The molecule has 47 heavy (non-hydrogen) atoms. The summed E-state index contributed by atoms with van der Waals surface area (Å²) in [5, 5.41) is 13.7. The van der Waals surface area contributed by atoms with Crippen molar-refractivity contribution in [2.24, 2.45) is 29.7 Å². The van der Waals surface area contributed by atoms with E-state index in [0.29, 0.717) is 31.2 Å². The van der Waals surface area contributed by atoms with Crippen molar-refractivity contribution >= 4 is 28.8 Å². The van der Waals surface area contributed by atoms with Gasteiger partial charge in [0.15, 0.2) is 0 Å². The number of nitrogens with zero attached hydrogens (tertiary/aromatic N) is 3. The summed E-state index contributed by atoms with van der Waals surface area (Å²) >= 11 is 0. The average molecular weight is 644 g/mol. The van der Waals surface area contributed by atoms with Gasteiger partial charge in [-0.1, -0.05) is 32.8 Å². The Morgan fingerprint density at radius 2 is 1.91 bits per heavy atom. The standard InChI is InChI=1S/C36H49N7O4/c1-5-37-32(45)29(34(3)12-6-13-34)42-33(46)36(16-18-47-21-36)23-8-10-25-26(19-23)40-30(39-25)28(41-31(44)27-11-17-38-43(27)4)24-9-7-22(2)20-35(24)14-15-35/h8,10-11,17,19,22,24,28-29H,5-7,9,12-16,18,20-21H2,1-4H3,(H,37,45)(H,39,40)(H,41,44)(H,42,46)/t22?,24?,28?,29-,36?/m0/s1. The Morgan fingerprint density at radius 1 is 1.11 bits per heavy atom. The second-order valence-corrected chi connectivity index (χ2v) is 15.2. The SMILES string of the molecule is CCNC(=O)[C@H](NC(=O)C1(c2ccc3nc(C(NC(=O)c4ccnn4C)C4CCC(C)CC45CC5)[nH]c3c2)CCOC1)C1(C)CCC1. The number of likely N-dealkylation sites (N-methyl/N-ethyl adjacent to an activating group) is 1. The molecule has 3 aliphatic carbocycles. The van der Waals surface area contributed by atoms with Gasteiger partial charge >= 0.3 is 0 Å². The monoisotopic (exact) mass is 643 g/mol. The molecule has 4 aliphatic rings. The van der Waals surface area contributed by atoms with E-state index in [1.165, 1.54) is 19.3 Å². The lowest BCUT2D eigenvalue weighted by Crippen LogP contribution is -2.61. The molecule has 5 atom stereocenters. The van der Waals surface area contributed by atoms with Crippen LogP contribution in [-0.4, -0.2) is 63.3 Å². The molecule has 1 aliphatic heterocycles. The molecule has 1 aromatic carbocycles. The lowest BCUT2D eigenvalue weighted by atomic mass is 9.65.